The highest BCUT2D eigenvalue weighted by Crippen LogP contribution is 2.37. The lowest BCUT2D eigenvalue weighted by Crippen LogP contribution is -2.35. The van der Waals surface area contributed by atoms with Crippen LogP contribution in [0.15, 0.2) is 41.3 Å². The van der Waals surface area contributed by atoms with E-state index in [0.717, 1.165) is 21.7 Å². The van der Waals surface area contributed by atoms with E-state index in [1.165, 1.54) is 11.8 Å². The van der Waals surface area contributed by atoms with Crippen LogP contribution < -0.4 is 14.8 Å². The van der Waals surface area contributed by atoms with Crippen LogP contribution in [0.2, 0.25) is 0 Å². The Morgan fingerprint density at radius 1 is 1.18 bits per heavy atom. The number of carbonyl (C=O) groups is 2. The van der Waals surface area contributed by atoms with E-state index in [1.54, 1.807) is 26.2 Å². The van der Waals surface area contributed by atoms with Gasteiger partial charge >= 0.3 is 0 Å². The standard InChI is InChI=1S/C21H24N2O4S/c1-13-9-16(26-3)17(27-4)10-14(13)12-23(2)20(24)11-19-21(25)22-15-7-5-6-8-18(15)28-19/h5-10,19H,11-12H2,1-4H3,(H,22,25)/t19-/m0/s1. The molecule has 1 aliphatic rings. The quantitative estimate of drug-likeness (QED) is 0.804. The van der Waals surface area contributed by atoms with Crippen molar-refractivity contribution in [1.82, 2.24) is 4.90 Å². The summed E-state index contributed by atoms with van der Waals surface area (Å²) in [5.74, 6) is 1.07. The number of nitrogens with one attached hydrogen (secondary N) is 1. The van der Waals surface area contributed by atoms with Crippen molar-refractivity contribution in [3.63, 3.8) is 0 Å². The van der Waals surface area contributed by atoms with Crippen molar-refractivity contribution in [2.45, 2.75) is 30.0 Å². The van der Waals surface area contributed by atoms with E-state index < -0.39 is 5.25 Å². The topological polar surface area (TPSA) is 67.9 Å². The number of fused-ring (bicyclic) bond motifs is 1. The Morgan fingerprint density at radius 2 is 1.86 bits per heavy atom. The predicted octanol–water partition coefficient (Wildman–Crippen LogP) is 3.47. The molecule has 0 saturated carbocycles. The summed E-state index contributed by atoms with van der Waals surface area (Å²) in [5.41, 5.74) is 2.78. The van der Waals surface area contributed by atoms with Crippen LogP contribution >= 0.6 is 11.8 Å². The molecule has 7 heteroatoms. The first-order chi connectivity index (χ1) is 13.4. The number of aryl methyl sites for hydroxylation is 1. The molecule has 0 unspecified atom stereocenters. The van der Waals surface area contributed by atoms with Crippen molar-refractivity contribution in [1.29, 1.82) is 0 Å². The van der Waals surface area contributed by atoms with Crippen LogP contribution in [0.3, 0.4) is 0 Å². The molecule has 2 aromatic rings. The number of para-hydroxylation sites is 1. The Kier molecular flexibility index (Phi) is 6.14. The molecule has 0 radical (unpaired) electrons. The summed E-state index contributed by atoms with van der Waals surface area (Å²) in [6.45, 7) is 2.40. The number of anilines is 1. The second-order valence-corrected chi connectivity index (χ2v) is 7.92. The van der Waals surface area contributed by atoms with Crippen molar-refractivity contribution < 1.29 is 19.1 Å². The molecule has 1 N–H and O–H groups in total. The van der Waals surface area contributed by atoms with Crippen LogP contribution in [-0.2, 0) is 16.1 Å². The number of ether oxygens (including phenoxy) is 2. The third-order valence-corrected chi connectivity index (χ3v) is 6.02. The van der Waals surface area contributed by atoms with Crippen LogP contribution in [0.25, 0.3) is 0 Å². The number of amides is 2. The fraction of sp³-hybridized carbons (Fsp3) is 0.333. The summed E-state index contributed by atoms with van der Waals surface area (Å²) in [5, 5.41) is 2.45. The van der Waals surface area contributed by atoms with Gasteiger partial charge in [-0.25, -0.2) is 0 Å². The maximum Gasteiger partial charge on any atom is 0.238 e. The number of hydrogen-bond acceptors (Lipinski definition) is 5. The molecule has 0 fully saturated rings. The molecule has 1 heterocycles. The normalized spacial score (nSPS) is 15.4. The van der Waals surface area contributed by atoms with Crippen molar-refractivity contribution in [3.05, 3.63) is 47.5 Å². The van der Waals surface area contributed by atoms with E-state index >= 15 is 0 Å². The molecule has 1 aliphatic heterocycles. The average Bonchev–Trinajstić information content (AvgIpc) is 2.69. The Bertz CT molecular complexity index is 900. The zero-order valence-electron chi connectivity index (χ0n) is 16.4. The zero-order valence-corrected chi connectivity index (χ0v) is 17.3. The van der Waals surface area contributed by atoms with Gasteiger partial charge in [0.1, 0.15) is 0 Å². The van der Waals surface area contributed by atoms with Gasteiger partial charge in [0, 0.05) is 24.9 Å². The minimum Gasteiger partial charge on any atom is -0.493 e. The number of carbonyl (C=O) groups excluding carboxylic acids is 2. The van der Waals surface area contributed by atoms with Gasteiger partial charge in [0.25, 0.3) is 0 Å². The fourth-order valence-electron chi connectivity index (χ4n) is 3.08. The van der Waals surface area contributed by atoms with E-state index in [1.807, 2.05) is 43.3 Å². The second kappa shape index (κ2) is 8.56. The Labute approximate surface area is 169 Å². The molecule has 6 nitrogen and oxygen atoms in total. The number of rotatable bonds is 6. The first-order valence-electron chi connectivity index (χ1n) is 8.95. The molecule has 0 bridgehead atoms. The molecule has 0 spiro atoms. The molecular weight excluding hydrogens is 376 g/mol. The van der Waals surface area contributed by atoms with Gasteiger partial charge in [-0.05, 0) is 42.3 Å². The highest BCUT2D eigenvalue weighted by Gasteiger charge is 2.29. The summed E-state index contributed by atoms with van der Waals surface area (Å²) in [4.78, 5) is 27.7. The van der Waals surface area contributed by atoms with Crippen LogP contribution in [0.4, 0.5) is 5.69 Å². The van der Waals surface area contributed by atoms with Crippen LogP contribution in [-0.4, -0.2) is 43.2 Å². The summed E-state index contributed by atoms with van der Waals surface area (Å²) in [6.07, 6.45) is 0.146. The van der Waals surface area contributed by atoms with Gasteiger partial charge in [0.2, 0.25) is 11.8 Å². The average molecular weight is 401 g/mol. The number of thioether (sulfide) groups is 1. The van der Waals surface area contributed by atoms with E-state index in [2.05, 4.69) is 5.32 Å². The van der Waals surface area contributed by atoms with E-state index in [0.29, 0.717) is 18.0 Å². The molecule has 0 aliphatic carbocycles. The van der Waals surface area contributed by atoms with Gasteiger partial charge in [0.15, 0.2) is 11.5 Å². The summed E-state index contributed by atoms with van der Waals surface area (Å²) < 4.78 is 10.7. The lowest BCUT2D eigenvalue weighted by Gasteiger charge is -2.26. The number of nitrogens with zero attached hydrogens (tertiary/aromatic N) is 1. The van der Waals surface area contributed by atoms with Gasteiger partial charge in [-0.2, -0.15) is 0 Å². The molecular formula is C21H24N2O4S. The molecule has 3 rings (SSSR count). The number of methoxy groups -OCH3 is 2. The van der Waals surface area contributed by atoms with Gasteiger partial charge in [0.05, 0.1) is 25.2 Å². The monoisotopic (exact) mass is 400 g/mol. The smallest absolute Gasteiger partial charge is 0.238 e. The molecule has 1 atom stereocenters. The Hall–Kier alpha value is -2.67. The SMILES string of the molecule is COc1cc(C)c(CN(C)C(=O)C[C@@H]2Sc3ccccc3NC2=O)cc1OC. The van der Waals surface area contributed by atoms with E-state index in [4.69, 9.17) is 9.47 Å². The van der Waals surface area contributed by atoms with Crippen LogP contribution in [0.1, 0.15) is 17.5 Å². The largest absolute Gasteiger partial charge is 0.493 e. The van der Waals surface area contributed by atoms with Crippen LogP contribution in [0, 0.1) is 6.92 Å². The van der Waals surface area contributed by atoms with Gasteiger partial charge in [-0.1, -0.05) is 12.1 Å². The van der Waals surface area contributed by atoms with E-state index in [9.17, 15) is 9.59 Å². The molecule has 2 aromatic carbocycles. The lowest BCUT2D eigenvalue weighted by atomic mass is 10.1. The third-order valence-electron chi connectivity index (χ3n) is 4.74. The minimum absolute atomic E-state index is 0.0822. The third kappa shape index (κ3) is 4.25. The first-order valence-corrected chi connectivity index (χ1v) is 9.83. The van der Waals surface area contributed by atoms with Gasteiger partial charge in [-0.15, -0.1) is 11.8 Å². The number of hydrogen-bond donors (Lipinski definition) is 1. The van der Waals surface area contributed by atoms with E-state index in [-0.39, 0.29) is 18.2 Å². The van der Waals surface area contributed by atoms with Gasteiger partial charge < -0.3 is 19.7 Å². The van der Waals surface area contributed by atoms with Crippen molar-refractivity contribution >= 4 is 29.3 Å². The minimum atomic E-state index is -0.434. The zero-order chi connectivity index (χ0) is 20.3. The second-order valence-electron chi connectivity index (χ2n) is 6.68. The summed E-state index contributed by atoms with van der Waals surface area (Å²) >= 11 is 1.44. The highest BCUT2D eigenvalue weighted by molar-refractivity contribution is 8.01. The Morgan fingerprint density at radius 3 is 2.57 bits per heavy atom. The molecule has 0 aromatic heterocycles. The summed E-state index contributed by atoms with van der Waals surface area (Å²) in [6, 6.07) is 11.4. The van der Waals surface area contributed by atoms with Crippen molar-refractivity contribution in [3.8, 4) is 11.5 Å². The maximum atomic E-state index is 12.7. The first kappa shape index (κ1) is 20.1. The summed E-state index contributed by atoms with van der Waals surface area (Å²) in [7, 11) is 4.93. The lowest BCUT2D eigenvalue weighted by molar-refractivity contribution is -0.131. The van der Waals surface area contributed by atoms with Crippen LogP contribution in [0.5, 0.6) is 11.5 Å². The van der Waals surface area contributed by atoms with Crippen molar-refractivity contribution in [2.24, 2.45) is 0 Å². The maximum absolute atomic E-state index is 12.7. The molecule has 28 heavy (non-hydrogen) atoms. The fourth-order valence-corrected chi connectivity index (χ4v) is 4.18. The Balaban J connectivity index is 1.68. The van der Waals surface area contributed by atoms with Gasteiger partial charge in [-0.3, -0.25) is 9.59 Å². The highest BCUT2D eigenvalue weighted by atomic mass is 32.2. The molecule has 0 saturated heterocycles. The molecule has 2 amide bonds. The van der Waals surface area contributed by atoms with Crippen molar-refractivity contribution in [2.75, 3.05) is 26.6 Å². The molecule has 148 valence electrons. The number of benzene rings is 2. The predicted molar refractivity (Wildman–Crippen MR) is 110 cm³/mol.